The topological polar surface area (TPSA) is 51.2 Å². The molecule has 0 aliphatic carbocycles. The number of carbonyl (C=O) groups is 1. The van der Waals surface area contributed by atoms with E-state index in [4.69, 9.17) is 16.3 Å². The number of esters is 1. The molecule has 0 radical (unpaired) electrons. The fourth-order valence-electron chi connectivity index (χ4n) is 1.58. The summed E-state index contributed by atoms with van der Waals surface area (Å²) in [6, 6.07) is 10.5. The van der Waals surface area contributed by atoms with Gasteiger partial charge in [-0.3, -0.25) is 0 Å². The normalized spacial score (nSPS) is 10.0. The number of pyridine rings is 1. The maximum absolute atomic E-state index is 11.8. The van der Waals surface area contributed by atoms with Gasteiger partial charge in [0.05, 0.1) is 6.61 Å². The van der Waals surface area contributed by atoms with Gasteiger partial charge in [0.15, 0.2) is 0 Å². The average Bonchev–Trinajstić information content (AvgIpc) is 2.39. The number of ether oxygens (including phenoxy) is 1. The Hall–Kier alpha value is -2.07. The minimum absolute atomic E-state index is 0.324. The van der Waals surface area contributed by atoms with Crippen molar-refractivity contribution < 1.29 is 9.53 Å². The number of rotatable bonds is 4. The number of anilines is 2. The molecule has 1 aromatic heterocycles. The third-order valence-corrected chi connectivity index (χ3v) is 2.63. The summed E-state index contributed by atoms with van der Waals surface area (Å²) in [5.41, 5.74) is 1.15. The molecule has 0 saturated heterocycles. The van der Waals surface area contributed by atoms with Gasteiger partial charge in [-0.15, -0.1) is 0 Å². The summed E-state index contributed by atoms with van der Waals surface area (Å²) in [5, 5.41) is 3.67. The molecule has 1 heterocycles. The van der Waals surface area contributed by atoms with Crippen LogP contribution in [0.5, 0.6) is 0 Å². The zero-order valence-electron chi connectivity index (χ0n) is 10.4. The van der Waals surface area contributed by atoms with E-state index in [-0.39, 0.29) is 0 Å². The summed E-state index contributed by atoms with van der Waals surface area (Å²) >= 11 is 5.91. The van der Waals surface area contributed by atoms with E-state index in [1.165, 1.54) is 0 Å². The van der Waals surface area contributed by atoms with Crippen LogP contribution in [0.3, 0.4) is 0 Å². The van der Waals surface area contributed by atoms with Gasteiger partial charge in [0.1, 0.15) is 11.4 Å². The molecule has 0 unspecified atom stereocenters. The van der Waals surface area contributed by atoms with E-state index in [0.717, 1.165) is 5.69 Å². The van der Waals surface area contributed by atoms with Gasteiger partial charge < -0.3 is 10.1 Å². The third-order valence-electron chi connectivity index (χ3n) is 2.39. The summed E-state index contributed by atoms with van der Waals surface area (Å²) in [7, 11) is 0. The second-order valence-electron chi connectivity index (χ2n) is 3.76. The summed E-state index contributed by atoms with van der Waals surface area (Å²) in [4.78, 5) is 15.9. The van der Waals surface area contributed by atoms with Crippen LogP contribution in [0.15, 0.2) is 42.6 Å². The predicted octanol–water partition coefficient (Wildman–Crippen LogP) is 3.66. The Labute approximate surface area is 116 Å². The minimum atomic E-state index is -0.403. The maximum Gasteiger partial charge on any atom is 0.341 e. The van der Waals surface area contributed by atoms with Crippen LogP contribution in [0.2, 0.25) is 5.02 Å². The third kappa shape index (κ3) is 3.45. The fraction of sp³-hybridized carbons (Fsp3) is 0.143. The first-order valence-corrected chi connectivity index (χ1v) is 6.23. The van der Waals surface area contributed by atoms with Crippen LogP contribution >= 0.6 is 11.6 Å². The molecule has 0 bridgehead atoms. The standard InChI is InChI=1S/C14H13ClN2O2/c1-2-19-14(18)12-7-4-8-16-13(12)17-11-6-3-5-10(15)9-11/h3-9H,2H2,1H3,(H,16,17). The van der Waals surface area contributed by atoms with Crippen molar-refractivity contribution in [3.8, 4) is 0 Å². The van der Waals surface area contributed by atoms with Crippen molar-refractivity contribution in [2.24, 2.45) is 0 Å². The molecule has 0 atom stereocenters. The average molecular weight is 277 g/mol. The van der Waals surface area contributed by atoms with Gasteiger partial charge in [-0.2, -0.15) is 0 Å². The minimum Gasteiger partial charge on any atom is -0.462 e. The van der Waals surface area contributed by atoms with Crippen molar-refractivity contribution in [1.29, 1.82) is 0 Å². The fourth-order valence-corrected chi connectivity index (χ4v) is 1.77. The molecule has 0 spiro atoms. The van der Waals surface area contributed by atoms with Crippen LogP contribution < -0.4 is 5.32 Å². The summed E-state index contributed by atoms with van der Waals surface area (Å²) in [5.74, 6) is 0.0448. The second-order valence-corrected chi connectivity index (χ2v) is 4.19. The summed E-state index contributed by atoms with van der Waals surface area (Å²) in [6.45, 7) is 2.09. The Morgan fingerprint density at radius 1 is 1.37 bits per heavy atom. The Bertz CT molecular complexity index is 587. The number of nitrogens with zero attached hydrogens (tertiary/aromatic N) is 1. The van der Waals surface area contributed by atoms with Crippen LogP contribution in [0.25, 0.3) is 0 Å². The number of halogens is 1. The first-order chi connectivity index (χ1) is 9.20. The predicted molar refractivity (Wildman–Crippen MR) is 74.9 cm³/mol. The van der Waals surface area contributed by atoms with Gasteiger partial charge in [-0.25, -0.2) is 9.78 Å². The van der Waals surface area contributed by atoms with Gasteiger partial charge in [0, 0.05) is 16.9 Å². The van der Waals surface area contributed by atoms with Gasteiger partial charge in [-0.05, 0) is 37.3 Å². The smallest absolute Gasteiger partial charge is 0.341 e. The molecule has 2 aromatic rings. The first kappa shape index (κ1) is 13.4. The number of hydrogen-bond acceptors (Lipinski definition) is 4. The molecule has 5 heteroatoms. The van der Waals surface area contributed by atoms with E-state index in [2.05, 4.69) is 10.3 Å². The molecule has 0 amide bonds. The van der Waals surface area contributed by atoms with E-state index in [0.29, 0.717) is 23.0 Å². The summed E-state index contributed by atoms with van der Waals surface area (Å²) < 4.78 is 4.99. The van der Waals surface area contributed by atoms with E-state index < -0.39 is 5.97 Å². The molecule has 4 nitrogen and oxygen atoms in total. The molecule has 0 fully saturated rings. The van der Waals surface area contributed by atoms with Crippen molar-refractivity contribution in [1.82, 2.24) is 4.98 Å². The Morgan fingerprint density at radius 2 is 2.21 bits per heavy atom. The van der Waals surface area contributed by atoms with E-state index in [9.17, 15) is 4.79 Å². The van der Waals surface area contributed by atoms with Crippen molar-refractivity contribution >= 4 is 29.1 Å². The number of nitrogens with one attached hydrogen (secondary N) is 1. The summed E-state index contributed by atoms with van der Waals surface area (Å²) in [6.07, 6.45) is 1.61. The lowest BCUT2D eigenvalue weighted by Crippen LogP contribution is -2.09. The highest BCUT2D eigenvalue weighted by atomic mass is 35.5. The number of benzene rings is 1. The van der Waals surface area contributed by atoms with Gasteiger partial charge in [-0.1, -0.05) is 17.7 Å². The lowest BCUT2D eigenvalue weighted by Gasteiger charge is -2.10. The zero-order valence-corrected chi connectivity index (χ0v) is 11.1. The highest BCUT2D eigenvalue weighted by Gasteiger charge is 2.13. The molecule has 1 aromatic carbocycles. The Balaban J connectivity index is 2.27. The van der Waals surface area contributed by atoms with Crippen LogP contribution in [0, 0.1) is 0 Å². The zero-order chi connectivity index (χ0) is 13.7. The maximum atomic E-state index is 11.8. The van der Waals surface area contributed by atoms with E-state index in [1.807, 2.05) is 12.1 Å². The first-order valence-electron chi connectivity index (χ1n) is 5.85. The molecule has 1 N–H and O–H groups in total. The molecule has 19 heavy (non-hydrogen) atoms. The molecule has 0 aliphatic rings. The number of hydrogen-bond donors (Lipinski definition) is 1. The highest BCUT2D eigenvalue weighted by molar-refractivity contribution is 6.30. The van der Waals surface area contributed by atoms with Crippen molar-refractivity contribution in [3.05, 3.63) is 53.2 Å². The van der Waals surface area contributed by atoms with E-state index >= 15 is 0 Å². The molecular formula is C14H13ClN2O2. The van der Waals surface area contributed by atoms with E-state index in [1.54, 1.807) is 37.4 Å². The van der Waals surface area contributed by atoms with Crippen LogP contribution in [-0.4, -0.2) is 17.6 Å². The SMILES string of the molecule is CCOC(=O)c1cccnc1Nc1cccc(Cl)c1. The molecular weight excluding hydrogens is 264 g/mol. The van der Waals surface area contributed by atoms with Gasteiger partial charge >= 0.3 is 5.97 Å². The molecule has 98 valence electrons. The number of carbonyl (C=O) groups excluding carboxylic acids is 1. The molecule has 2 rings (SSSR count). The molecule has 0 aliphatic heterocycles. The van der Waals surface area contributed by atoms with Crippen LogP contribution in [0.1, 0.15) is 17.3 Å². The molecule has 0 saturated carbocycles. The van der Waals surface area contributed by atoms with Gasteiger partial charge in [0.25, 0.3) is 0 Å². The second kappa shape index (κ2) is 6.20. The lowest BCUT2D eigenvalue weighted by atomic mass is 10.2. The van der Waals surface area contributed by atoms with Crippen molar-refractivity contribution in [2.45, 2.75) is 6.92 Å². The largest absolute Gasteiger partial charge is 0.462 e. The van der Waals surface area contributed by atoms with Crippen molar-refractivity contribution in [3.63, 3.8) is 0 Å². The van der Waals surface area contributed by atoms with Gasteiger partial charge in [0.2, 0.25) is 0 Å². The monoisotopic (exact) mass is 276 g/mol. The quantitative estimate of drug-likeness (QED) is 0.866. The van der Waals surface area contributed by atoms with Crippen molar-refractivity contribution in [2.75, 3.05) is 11.9 Å². The van der Waals surface area contributed by atoms with Crippen LogP contribution in [0.4, 0.5) is 11.5 Å². The Morgan fingerprint density at radius 3 is 2.95 bits per heavy atom. The Kier molecular flexibility index (Phi) is 4.36. The lowest BCUT2D eigenvalue weighted by molar-refractivity contribution is 0.0527. The van der Waals surface area contributed by atoms with Crippen LogP contribution in [-0.2, 0) is 4.74 Å². The highest BCUT2D eigenvalue weighted by Crippen LogP contribution is 2.21. The number of aromatic nitrogens is 1.